The highest BCUT2D eigenvalue weighted by molar-refractivity contribution is 6.17. The van der Waals surface area contributed by atoms with Gasteiger partial charge in [-0.1, -0.05) is 0 Å². The van der Waals surface area contributed by atoms with Crippen molar-refractivity contribution in [3.8, 4) is 0 Å². The van der Waals surface area contributed by atoms with Crippen molar-refractivity contribution in [2.75, 3.05) is 19.5 Å². The van der Waals surface area contributed by atoms with E-state index in [0.717, 1.165) is 42.7 Å². The highest BCUT2D eigenvalue weighted by Gasteiger charge is 2.27. The summed E-state index contributed by atoms with van der Waals surface area (Å²) in [6.07, 6.45) is 2.91. The minimum atomic E-state index is -0.235. The number of hydrogen-bond donors (Lipinski definition) is 0. The van der Waals surface area contributed by atoms with E-state index < -0.39 is 0 Å². The van der Waals surface area contributed by atoms with E-state index in [1.165, 1.54) is 12.1 Å². The van der Waals surface area contributed by atoms with Gasteiger partial charge >= 0.3 is 0 Å². The van der Waals surface area contributed by atoms with Crippen molar-refractivity contribution in [3.63, 3.8) is 0 Å². The molecular weight excluding hydrogens is 289 g/mol. The number of nitrogens with zero attached hydrogens (tertiary/aromatic N) is 3. The molecule has 21 heavy (non-hydrogen) atoms. The first-order valence-corrected chi connectivity index (χ1v) is 8.06. The second-order valence-electron chi connectivity index (χ2n) is 5.98. The molecule has 1 fully saturated rings. The number of hydrogen-bond acceptors (Lipinski definition) is 2. The molecule has 0 bridgehead atoms. The van der Waals surface area contributed by atoms with Crippen LogP contribution in [0.4, 0.5) is 4.39 Å². The maximum Gasteiger partial charge on any atom is 0.125 e. The van der Waals surface area contributed by atoms with Gasteiger partial charge < -0.3 is 9.47 Å². The number of imidazole rings is 1. The second kappa shape index (κ2) is 5.93. The van der Waals surface area contributed by atoms with Crippen molar-refractivity contribution in [1.82, 2.24) is 14.5 Å². The molecule has 0 saturated carbocycles. The summed E-state index contributed by atoms with van der Waals surface area (Å²) >= 11 is 5.92. The summed E-state index contributed by atoms with van der Waals surface area (Å²) < 4.78 is 15.7. The third kappa shape index (κ3) is 2.79. The van der Waals surface area contributed by atoms with Gasteiger partial charge in [0, 0.05) is 37.0 Å². The maximum atomic E-state index is 13.4. The van der Waals surface area contributed by atoms with Crippen LogP contribution in [0.3, 0.4) is 0 Å². The van der Waals surface area contributed by atoms with Crippen LogP contribution < -0.4 is 0 Å². The first-order chi connectivity index (χ1) is 10.1. The van der Waals surface area contributed by atoms with E-state index in [1.807, 2.05) is 6.07 Å². The molecule has 2 atom stereocenters. The Labute approximate surface area is 129 Å². The van der Waals surface area contributed by atoms with Crippen LogP contribution in [0.1, 0.15) is 31.6 Å². The number of aromatic nitrogens is 2. The van der Waals surface area contributed by atoms with Crippen LogP contribution in [0.2, 0.25) is 0 Å². The van der Waals surface area contributed by atoms with Gasteiger partial charge in [-0.15, -0.1) is 11.6 Å². The number of fused-ring (bicyclic) bond motifs is 1. The van der Waals surface area contributed by atoms with Crippen molar-refractivity contribution in [2.24, 2.45) is 0 Å². The van der Waals surface area contributed by atoms with E-state index in [4.69, 9.17) is 11.6 Å². The summed E-state index contributed by atoms with van der Waals surface area (Å²) in [5.41, 5.74) is 1.76. The van der Waals surface area contributed by atoms with E-state index in [0.29, 0.717) is 18.0 Å². The molecule has 0 spiro atoms. The molecule has 2 unspecified atom stereocenters. The van der Waals surface area contributed by atoms with Crippen LogP contribution in [-0.4, -0.2) is 40.0 Å². The molecule has 5 heteroatoms. The number of alkyl halides is 1. The average molecular weight is 310 g/mol. The van der Waals surface area contributed by atoms with Crippen molar-refractivity contribution in [2.45, 2.75) is 38.3 Å². The SMILES string of the molecule is CC1CC(n2c(CCCl)nc3cc(F)ccc32)CCN1C. The van der Waals surface area contributed by atoms with Gasteiger partial charge in [0.15, 0.2) is 0 Å². The van der Waals surface area contributed by atoms with Crippen molar-refractivity contribution in [1.29, 1.82) is 0 Å². The molecule has 114 valence electrons. The molecule has 2 aromatic rings. The van der Waals surface area contributed by atoms with E-state index in [1.54, 1.807) is 0 Å². The molecule has 1 saturated heterocycles. The summed E-state index contributed by atoms with van der Waals surface area (Å²) in [5.74, 6) is 1.28. The molecule has 3 rings (SSSR count). The van der Waals surface area contributed by atoms with Gasteiger partial charge in [0.05, 0.1) is 11.0 Å². The zero-order chi connectivity index (χ0) is 15.0. The monoisotopic (exact) mass is 309 g/mol. The predicted molar refractivity (Wildman–Crippen MR) is 84.5 cm³/mol. The molecule has 3 nitrogen and oxygen atoms in total. The Morgan fingerprint density at radius 1 is 1.43 bits per heavy atom. The Bertz CT molecular complexity index is 640. The fraction of sp³-hybridized carbons (Fsp3) is 0.562. The zero-order valence-corrected chi connectivity index (χ0v) is 13.3. The molecule has 0 amide bonds. The van der Waals surface area contributed by atoms with Gasteiger partial charge in [0.2, 0.25) is 0 Å². The number of rotatable bonds is 3. The largest absolute Gasteiger partial charge is 0.325 e. The van der Waals surface area contributed by atoms with E-state index in [9.17, 15) is 4.39 Å². The first kappa shape index (κ1) is 14.8. The highest BCUT2D eigenvalue weighted by atomic mass is 35.5. The van der Waals surface area contributed by atoms with Crippen molar-refractivity contribution in [3.05, 3.63) is 29.8 Å². The molecule has 1 aromatic heterocycles. The Kier molecular flexibility index (Phi) is 4.18. The lowest BCUT2D eigenvalue weighted by Gasteiger charge is -2.36. The summed E-state index contributed by atoms with van der Waals surface area (Å²) in [5, 5.41) is 0. The van der Waals surface area contributed by atoms with Crippen molar-refractivity contribution >= 4 is 22.6 Å². The van der Waals surface area contributed by atoms with Gasteiger partial charge in [-0.3, -0.25) is 0 Å². The first-order valence-electron chi connectivity index (χ1n) is 7.52. The molecule has 0 aliphatic carbocycles. The van der Waals surface area contributed by atoms with Crippen LogP contribution in [0.25, 0.3) is 11.0 Å². The van der Waals surface area contributed by atoms with E-state index in [2.05, 4.69) is 28.4 Å². The summed E-state index contributed by atoms with van der Waals surface area (Å²) in [6, 6.07) is 5.85. The van der Waals surface area contributed by atoms with Gasteiger partial charge in [-0.25, -0.2) is 9.37 Å². The second-order valence-corrected chi connectivity index (χ2v) is 6.36. The number of aryl methyl sites for hydroxylation is 1. The predicted octanol–water partition coefficient (Wildman–Crippen LogP) is 3.61. The number of likely N-dealkylation sites (tertiary alicyclic amines) is 1. The van der Waals surface area contributed by atoms with Crippen LogP contribution in [0.5, 0.6) is 0 Å². The Hall–Kier alpha value is -1.13. The smallest absolute Gasteiger partial charge is 0.125 e. The Morgan fingerprint density at radius 3 is 2.95 bits per heavy atom. The summed E-state index contributed by atoms with van der Waals surface area (Å²) in [6.45, 7) is 3.33. The normalized spacial score (nSPS) is 23.8. The van der Waals surface area contributed by atoms with Gasteiger partial charge in [0.1, 0.15) is 11.6 Å². The fourth-order valence-electron chi connectivity index (χ4n) is 3.29. The van der Waals surface area contributed by atoms with Gasteiger partial charge in [0.25, 0.3) is 0 Å². The number of halogens is 2. The lowest BCUT2D eigenvalue weighted by atomic mass is 9.98. The number of benzene rings is 1. The molecule has 1 aliphatic heterocycles. The van der Waals surface area contributed by atoms with Crippen LogP contribution in [0.15, 0.2) is 18.2 Å². The van der Waals surface area contributed by atoms with Gasteiger partial charge in [-0.05, 0) is 38.9 Å². The molecule has 0 N–H and O–H groups in total. The maximum absolute atomic E-state index is 13.4. The molecule has 2 heterocycles. The van der Waals surface area contributed by atoms with Crippen molar-refractivity contribution < 1.29 is 4.39 Å². The van der Waals surface area contributed by atoms with Crippen LogP contribution in [-0.2, 0) is 6.42 Å². The zero-order valence-electron chi connectivity index (χ0n) is 12.5. The van der Waals surface area contributed by atoms with Gasteiger partial charge in [-0.2, -0.15) is 0 Å². The minimum absolute atomic E-state index is 0.235. The van der Waals surface area contributed by atoms with E-state index >= 15 is 0 Å². The highest BCUT2D eigenvalue weighted by Crippen LogP contribution is 2.31. The third-order valence-electron chi connectivity index (χ3n) is 4.59. The van der Waals surface area contributed by atoms with E-state index in [-0.39, 0.29) is 5.82 Å². The quantitative estimate of drug-likeness (QED) is 0.808. The molecule has 0 radical (unpaired) electrons. The lowest BCUT2D eigenvalue weighted by Crippen LogP contribution is -2.38. The summed E-state index contributed by atoms with van der Waals surface area (Å²) in [4.78, 5) is 6.99. The van der Waals surface area contributed by atoms with Crippen LogP contribution in [0, 0.1) is 5.82 Å². The molecule has 1 aliphatic rings. The van der Waals surface area contributed by atoms with Crippen LogP contribution >= 0.6 is 11.6 Å². The molecular formula is C16H21ClFN3. The lowest BCUT2D eigenvalue weighted by molar-refractivity contribution is 0.157. The molecule has 1 aromatic carbocycles. The fourth-order valence-corrected chi connectivity index (χ4v) is 3.46. The standard InChI is InChI=1S/C16H21ClFN3/c1-11-9-13(6-8-20(11)2)21-15-4-3-12(18)10-14(15)19-16(21)5-7-17/h3-4,10-11,13H,5-9H2,1-2H3. The summed E-state index contributed by atoms with van der Waals surface area (Å²) in [7, 11) is 2.17. The topological polar surface area (TPSA) is 21.1 Å². The Balaban J connectivity index is 2.04. The third-order valence-corrected chi connectivity index (χ3v) is 4.78. The minimum Gasteiger partial charge on any atom is -0.325 e. The number of piperidine rings is 1. The average Bonchev–Trinajstić information content (AvgIpc) is 2.79. The Morgan fingerprint density at radius 2 is 2.24 bits per heavy atom.